The molecule has 0 fully saturated rings. The molecule has 2 aromatic rings. The summed E-state index contributed by atoms with van der Waals surface area (Å²) < 4.78 is 5.72. The van der Waals surface area contributed by atoms with E-state index in [1.54, 1.807) is 12.4 Å². The van der Waals surface area contributed by atoms with Gasteiger partial charge in [0.05, 0.1) is 6.61 Å². The van der Waals surface area contributed by atoms with Gasteiger partial charge in [0.15, 0.2) is 0 Å². The first-order valence-electron chi connectivity index (χ1n) is 5.63. The zero-order chi connectivity index (χ0) is 12.1. The van der Waals surface area contributed by atoms with Gasteiger partial charge in [-0.3, -0.25) is 4.98 Å². The number of pyridine rings is 1. The van der Waals surface area contributed by atoms with E-state index in [1.165, 1.54) is 5.56 Å². The first-order valence-corrected chi connectivity index (χ1v) is 5.63. The van der Waals surface area contributed by atoms with Crippen LogP contribution in [0.5, 0.6) is 5.75 Å². The molecule has 0 aliphatic heterocycles. The Morgan fingerprint density at radius 3 is 2.65 bits per heavy atom. The van der Waals surface area contributed by atoms with Crippen molar-refractivity contribution < 1.29 is 4.74 Å². The minimum absolute atomic E-state index is 0.661. The molecular weight excluding hydrogens is 212 g/mol. The number of aryl methyl sites for hydroxylation is 1. The fraction of sp³-hybridized carbons (Fsp3) is 0.214. The fourth-order valence-electron chi connectivity index (χ4n) is 1.66. The van der Waals surface area contributed by atoms with E-state index in [1.807, 2.05) is 37.3 Å². The molecule has 0 atom stereocenters. The van der Waals surface area contributed by atoms with E-state index >= 15 is 0 Å². The van der Waals surface area contributed by atoms with Crippen molar-refractivity contribution in [1.29, 1.82) is 0 Å². The molecule has 0 aliphatic rings. The van der Waals surface area contributed by atoms with Gasteiger partial charge in [0.2, 0.25) is 0 Å². The van der Waals surface area contributed by atoms with Crippen molar-refractivity contribution in [3.05, 3.63) is 53.9 Å². The molecule has 0 radical (unpaired) electrons. The predicted molar refractivity (Wildman–Crippen MR) is 69.0 cm³/mol. The molecule has 3 heteroatoms. The molecule has 1 aromatic heterocycles. The van der Waals surface area contributed by atoms with Crippen molar-refractivity contribution in [2.24, 2.45) is 0 Å². The van der Waals surface area contributed by atoms with Gasteiger partial charge in [0.25, 0.3) is 0 Å². The first kappa shape index (κ1) is 11.5. The van der Waals surface area contributed by atoms with Crippen LogP contribution in [0.1, 0.15) is 11.1 Å². The Kier molecular flexibility index (Phi) is 3.60. The lowest BCUT2D eigenvalue weighted by Crippen LogP contribution is -2.02. The maximum atomic E-state index is 5.72. The van der Waals surface area contributed by atoms with Crippen LogP contribution in [-0.2, 0) is 6.42 Å². The van der Waals surface area contributed by atoms with E-state index in [0.717, 1.165) is 23.4 Å². The number of hydrogen-bond acceptors (Lipinski definition) is 3. The number of benzene rings is 1. The van der Waals surface area contributed by atoms with Gasteiger partial charge < -0.3 is 10.5 Å². The van der Waals surface area contributed by atoms with Crippen molar-refractivity contribution in [1.82, 2.24) is 4.98 Å². The van der Waals surface area contributed by atoms with Crippen molar-refractivity contribution in [2.75, 3.05) is 12.3 Å². The highest BCUT2D eigenvalue weighted by molar-refractivity contribution is 5.47. The highest BCUT2D eigenvalue weighted by atomic mass is 16.5. The molecule has 2 N–H and O–H groups in total. The molecule has 0 aliphatic carbocycles. The third kappa shape index (κ3) is 3.21. The molecule has 3 nitrogen and oxygen atoms in total. The second-order valence-corrected chi connectivity index (χ2v) is 3.98. The Hall–Kier alpha value is -2.03. The molecule has 0 bridgehead atoms. The number of anilines is 1. The maximum absolute atomic E-state index is 5.72. The first-order chi connectivity index (χ1) is 8.25. The standard InChI is InChI=1S/C14H16N2O/c1-11-10-13(15)2-3-14(11)17-9-6-12-4-7-16-8-5-12/h2-5,7-8,10H,6,9,15H2,1H3. The van der Waals surface area contributed by atoms with Crippen LogP contribution < -0.4 is 10.5 Å². The lowest BCUT2D eigenvalue weighted by Gasteiger charge is -2.09. The highest BCUT2D eigenvalue weighted by Gasteiger charge is 2.00. The van der Waals surface area contributed by atoms with Crippen molar-refractivity contribution in [3.8, 4) is 5.75 Å². The summed E-state index contributed by atoms with van der Waals surface area (Å²) in [4.78, 5) is 3.98. The number of nitrogens with two attached hydrogens (primary N) is 1. The summed E-state index contributed by atoms with van der Waals surface area (Å²) in [5.74, 6) is 0.897. The van der Waals surface area contributed by atoms with E-state index in [4.69, 9.17) is 10.5 Å². The van der Waals surface area contributed by atoms with E-state index in [0.29, 0.717) is 6.61 Å². The van der Waals surface area contributed by atoms with Gasteiger partial charge in [-0.15, -0.1) is 0 Å². The molecule has 0 saturated heterocycles. The summed E-state index contributed by atoms with van der Waals surface area (Å²) in [5.41, 5.74) is 8.75. The molecule has 0 unspecified atom stereocenters. The molecule has 88 valence electrons. The van der Waals surface area contributed by atoms with Crippen LogP contribution in [0, 0.1) is 6.92 Å². The van der Waals surface area contributed by atoms with Crippen molar-refractivity contribution >= 4 is 5.69 Å². The van der Waals surface area contributed by atoms with Crippen LogP contribution in [0.3, 0.4) is 0 Å². The Labute approximate surface area is 101 Å². The summed E-state index contributed by atoms with van der Waals surface area (Å²) in [7, 11) is 0. The number of nitrogen functional groups attached to an aromatic ring is 1. The SMILES string of the molecule is Cc1cc(N)ccc1OCCc1ccncc1. The van der Waals surface area contributed by atoms with Gasteiger partial charge in [0, 0.05) is 24.5 Å². The molecule has 0 spiro atoms. The molecule has 2 rings (SSSR count). The van der Waals surface area contributed by atoms with Crippen LogP contribution in [-0.4, -0.2) is 11.6 Å². The molecule has 1 heterocycles. The fourth-order valence-corrected chi connectivity index (χ4v) is 1.66. The van der Waals surface area contributed by atoms with Crippen molar-refractivity contribution in [3.63, 3.8) is 0 Å². The normalized spacial score (nSPS) is 10.2. The van der Waals surface area contributed by atoms with Gasteiger partial charge >= 0.3 is 0 Å². The summed E-state index contributed by atoms with van der Waals surface area (Å²) >= 11 is 0. The number of hydrogen-bond donors (Lipinski definition) is 1. The topological polar surface area (TPSA) is 48.1 Å². The number of ether oxygens (including phenoxy) is 1. The smallest absolute Gasteiger partial charge is 0.122 e. The highest BCUT2D eigenvalue weighted by Crippen LogP contribution is 2.20. The molecule has 17 heavy (non-hydrogen) atoms. The zero-order valence-electron chi connectivity index (χ0n) is 9.89. The van der Waals surface area contributed by atoms with Crippen LogP contribution >= 0.6 is 0 Å². The Morgan fingerprint density at radius 1 is 1.18 bits per heavy atom. The summed E-state index contributed by atoms with van der Waals surface area (Å²) in [6.45, 7) is 2.66. The largest absolute Gasteiger partial charge is 0.493 e. The van der Waals surface area contributed by atoms with Gasteiger partial charge in [-0.25, -0.2) is 0 Å². The molecule has 1 aromatic carbocycles. The molecule has 0 saturated carbocycles. The number of aromatic nitrogens is 1. The summed E-state index contributed by atoms with van der Waals surface area (Å²) in [6.07, 6.45) is 4.47. The predicted octanol–water partition coefficient (Wildman–Crippen LogP) is 2.59. The summed E-state index contributed by atoms with van der Waals surface area (Å²) in [5, 5.41) is 0. The van der Waals surface area contributed by atoms with Gasteiger partial charge in [0.1, 0.15) is 5.75 Å². The maximum Gasteiger partial charge on any atom is 0.122 e. The minimum atomic E-state index is 0.661. The third-order valence-corrected chi connectivity index (χ3v) is 2.60. The second-order valence-electron chi connectivity index (χ2n) is 3.98. The number of nitrogens with zero attached hydrogens (tertiary/aromatic N) is 1. The molecule has 0 amide bonds. The Morgan fingerprint density at radius 2 is 1.94 bits per heavy atom. The van der Waals surface area contributed by atoms with E-state index in [2.05, 4.69) is 4.98 Å². The Bertz CT molecular complexity index is 483. The quantitative estimate of drug-likeness (QED) is 0.818. The zero-order valence-corrected chi connectivity index (χ0v) is 9.89. The van der Waals surface area contributed by atoms with Crippen LogP contribution in [0.4, 0.5) is 5.69 Å². The van der Waals surface area contributed by atoms with E-state index < -0.39 is 0 Å². The van der Waals surface area contributed by atoms with Gasteiger partial charge in [-0.2, -0.15) is 0 Å². The second kappa shape index (κ2) is 5.34. The lowest BCUT2D eigenvalue weighted by molar-refractivity contribution is 0.320. The van der Waals surface area contributed by atoms with Crippen molar-refractivity contribution in [2.45, 2.75) is 13.3 Å². The third-order valence-electron chi connectivity index (χ3n) is 2.60. The minimum Gasteiger partial charge on any atom is -0.493 e. The van der Waals surface area contributed by atoms with E-state index in [-0.39, 0.29) is 0 Å². The molecular formula is C14H16N2O. The van der Waals surface area contributed by atoms with Crippen LogP contribution in [0.15, 0.2) is 42.7 Å². The van der Waals surface area contributed by atoms with Crippen LogP contribution in [0.2, 0.25) is 0 Å². The average Bonchev–Trinajstić information content (AvgIpc) is 2.33. The van der Waals surface area contributed by atoms with Gasteiger partial charge in [-0.05, 0) is 48.4 Å². The van der Waals surface area contributed by atoms with Gasteiger partial charge in [-0.1, -0.05) is 0 Å². The lowest BCUT2D eigenvalue weighted by atomic mass is 10.2. The van der Waals surface area contributed by atoms with E-state index in [9.17, 15) is 0 Å². The van der Waals surface area contributed by atoms with Crippen LogP contribution in [0.25, 0.3) is 0 Å². The monoisotopic (exact) mass is 228 g/mol. The Balaban J connectivity index is 1.90. The average molecular weight is 228 g/mol. The summed E-state index contributed by atoms with van der Waals surface area (Å²) in [6, 6.07) is 9.69. The number of rotatable bonds is 4.